The number of rotatable bonds is 6. The molecule has 136 valence electrons. The minimum Gasteiger partial charge on any atom is -0.477 e. The number of amides is 1. The van der Waals surface area contributed by atoms with Crippen LogP contribution in [0.4, 0.5) is 5.69 Å². The van der Waals surface area contributed by atoms with Crippen LogP contribution in [0.15, 0.2) is 48.8 Å². The third-order valence-corrected chi connectivity index (χ3v) is 4.29. The molecule has 0 aliphatic carbocycles. The minimum absolute atomic E-state index is 0.113. The Labute approximate surface area is 151 Å². The van der Waals surface area contributed by atoms with Crippen molar-refractivity contribution in [3.8, 4) is 5.75 Å². The van der Waals surface area contributed by atoms with Gasteiger partial charge in [-0.15, -0.1) is 0 Å². The molecule has 0 spiro atoms. The fraction of sp³-hybridized carbons (Fsp3) is 0.333. The van der Waals surface area contributed by atoms with Gasteiger partial charge in [-0.25, -0.2) is 0 Å². The summed E-state index contributed by atoms with van der Waals surface area (Å²) in [7, 11) is 0. The summed E-state index contributed by atoms with van der Waals surface area (Å²) in [6, 6.07) is 10.0. The number of carbonyl (C=O) groups excluding carboxylic acids is 1. The van der Waals surface area contributed by atoms with Crippen molar-refractivity contribution in [2.45, 2.75) is 6.54 Å². The third-order valence-electron chi connectivity index (χ3n) is 4.29. The first-order valence-corrected chi connectivity index (χ1v) is 8.39. The van der Waals surface area contributed by atoms with Gasteiger partial charge >= 0.3 is 5.69 Å². The normalized spacial score (nSPS) is 14.8. The SMILES string of the molecule is O=C(COc1ccccc1[N+](=O)[O-])N1CCN(Cc2ccncc2)CC1. The van der Waals surface area contributed by atoms with E-state index in [0.29, 0.717) is 13.1 Å². The van der Waals surface area contributed by atoms with E-state index in [-0.39, 0.29) is 24.0 Å². The smallest absolute Gasteiger partial charge is 0.310 e. The zero-order chi connectivity index (χ0) is 18.4. The molecule has 0 saturated carbocycles. The van der Waals surface area contributed by atoms with Gasteiger partial charge in [0.15, 0.2) is 12.4 Å². The number of carbonyl (C=O) groups is 1. The molecular formula is C18H20N4O4. The Morgan fingerprint density at radius 2 is 1.81 bits per heavy atom. The molecule has 0 atom stereocenters. The average Bonchev–Trinajstić information content (AvgIpc) is 2.67. The number of benzene rings is 1. The topological polar surface area (TPSA) is 88.8 Å². The molecule has 1 aromatic carbocycles. The summed E-state index contributed by atoms with van der Waals surface area (Å²) in [6.45, 7) is 3.42. The van der Waals surface area contributed by atoms with Gasteiger partial charge in [0.25, 0.3) is 5.91 Å². The number of piperazine rings is 1. The van der Waals surface area contributed by atoms with Gasteiger partial charge in [-0.1, -0.05) is 12.1 Å². The molecule has 0 unspecified atom stereocenters. The summed E-state index contributed by atoms with van der Waals surface area (Å²) in [4.78, 5) is 30.8. The Kier molecular flexibility index (Phi) is 5.75. The number of ether oxygens (including phenoxy) is 1. The van der Waals surface area contributed by atoms with E-state index in [1.807, 2.05) is 12.1 Å². The van der Waals surface area contributed by atoms with Crippen LogP contribution in [0.1, 0.15) is 5.56 Å². The summed E-state index contributed by atoms with van der Waals surface area (Å²) in [5, 5.41) is 11.0. The zero-order valence-corrected chi connectivity index (χ0v) is 14.3. The molecule has 2 heterocycles. The second kappa shape index (κ2) is 8.39. The molecule has 3 rings (SSSR count). The van der Waals surface area contributed by atoms with Crippen LogP contribution < -0.4 is 4.74 Å². The van der Waals surface area contributed by atoms with Crippen molar-refractivity contribution < 1.29 is 14.5 Å². The molecule has 1 saturated heterocycles. The van der Waals surface area contributed by atoms with Crippen LogP contribution >= 0.6 is 0 Å². The van der Waals surface area contributed by atoms with Crippen LogP contribution in [-0.2, 0) is 11.3 Å². The molecule has 2 aromatic rings. The summed E-state index contributed by atoms with van der Waals surface area (Å²) in [6.07, 6.45) is 3.55. The Hall–Kier alpha value is -3.00. The lowest BCUT2D eigenvalue weighted by Gasteiger charge is -2.34. The van der Waals surface area contributed by atoms with Crippen molar-refractivity contribution in [3.05, 3.63) is 64.5 Å². The summed E-state index contributed by atoms with van der Waals surface area (Å²) < 4.78 is 5.38. The Bertz CT molecular complexity index is 761. The first-order chi connectivity index (χ1) is 12.6. The van der Waals surface area contributed by atoms with Gasteiger partial charge in [-0.05, 0) is 23.8 Å². The lowest BCUT2D eigenvalue weighted by Crippen LogP contribution is -2.49. The van der Waals surface area contributed by atoms with Crippen molar-refractivity contribution in [2.75, 3.05) is 32.8 Å². The maximum absolute atomic E-state index is 12.3. The Morgan fingerprint density at radius 1 is 1.12 bits per heavy atom. The number of hydrogen-bond donors (Lipinski definition) is 0. The third kappa shape index (κ3) is 4.54. The molecule has 0 bridgehead atoms. The van der Waals surface area contributed by atoms with Crippen LogP contribution in [0.3, 0.4) is 0 Å². The van der Waals surface area contributed by atoms with E-state index in [2.05, 4.69) is 9.88 Å². The highest BCUT2D eigenvalue weighted by molar-refractivity contribution is 5.78. The molecule has 1 aromatic heterocycles. The number of nitro benzene ring substituents is 1. The summed E-state index contributed by atoms with van der Waals surface area (Å²) in [5.41, 5.74) is 1.06. The van der Waals surface area contributed by atoms with Crippen LogP contribution in [-0.4, -0.2) is 58.4 Å². The molecular weight excluding hydrogens is 336 g/mol. The van der Waals surface area contributed by atoms with Crippen molar-refractivity contribution in [1.29, 1.82) is 0 Å². The van der Waals surface area contributed by atoms with Crippen LogP contribution in [0, 0.1) is 10.1 Å². The van der Waals surface area contributed by atoms with Crippen molar-refractivity contribution in [1.82, 2.24) is 14.8 Å². The molecule has 1 aliphatic heterocycles. The van der Waals surface area contributed by atoms with Crippen molar-refractivity contribution >= 4 is 11.6 Å². The lowest BCUT2D eigenvalue weighted by molar-refractivity contribution is -0.385. The highest BCUT2D eigenvalue weighted by Gasteiger charge is 2.22. The van der Waals surface area contributed by atoms with E-state index < -0.39 is 4.92 Å². The number of pyridine rings is 1. The van der Waals surface area contributed by atoms with Crippen molar-refractivity contribution in [3.63, 3.8) is 0 Å². The van der Waals surface area contributed by atoms with Crippen LogP contribution in [0.25, 0.3) is 0 Å². The highest BCUT2D eigenvalue weighted by Crippen LogP contribution is 2.25. The molecule has 8 nitrogen and oxygen atoms in total. The molecule has 0 N–H and O–H groups in total. The lowest BCUT2D eigenvalue weighted by atomic mass is 10.2. The predicted octanol–water partition coefficient (Wildman–Crippen LogP) is 1.71. The van der Waals surface area contributed by atoms with Gasteiger partial charge in [0.1, 0.15) is 0 Å². The number of nitro groups is 1. The fourth-order valence-corrected chi connectivity index (χ4v) is 2.86. The number of aromatic nitrogens is 1. The van der Waals surface area contributed by atoms with Gasteiger partial charge < -0.3 is 9.64 Å². The van der Waals surface area contributed by atoms with E-state index in [1.165, 1.54) is 17.7 Å². The Morgan fingerprint density at radius 3 is 2.50 bits per heavy atom. The standard InChI is InChI=1S/C18H20N4O4/c23-18(14-26-17-4-2-1-3-16(17)22(24)25)21-11-9-20(10-12-21)13-15-5-7-19-8-6-15/h1-8H,9-14H2. The van der Waals surface area contributed by atoms with Gasteiger partial charge in [0.05, 0.1) is 4.92 Å². The Balaban J connectivity index is 1.48. The molecule has 1 aliphatic rings. The quantitative estimate of drug-likeness (QED) is 0.578. The van der Waals surface area contributed by atoms with Crippen molar-refractivity contribution in [2.24, 2.45) is 0 Å². The van der Waals surface area contributed by atoms with Crippen LogP contribution in [0.2, 0.25) is 0 Å². The second-order valence-corrected chi connectivity index (χ2v) is 6.03. The monoisotopic (exact) mass is 356 g/mol. The van der Waals surface area contributed by atoms with E-state index >= 15 is 0 Å². The van der Waals surface area contributed by atoms with Gasteiger partial charge in [-0.2, -0.15) is 0 Å². The maximum Gasteiger partial charge on any atom is 0.310 e. The maximum atomic E-state index is 12.3. The zero-order valence-electron chi connectivity index (χ0n) is 14.3. The van der Waals surface area contributed by atoms with E-state index in [9.17, 15) is 14.9 Å². The number of nitrogens with zero attached hydrogens (tertiary/aromatic N) is 4. The molecule has 0 radical (unpaired) electrons. The molecule has 1 amide bonds. The first-order valence-electron chi connectivity index (χ1n) is 8.39. The first kappa shape index (κ1) is 17.8. The summed E-state index contributed by atoms with van der Waals surface area (Å²) in [5.74, 6) is -0.0473. The van der Waals surface area contributed by atoms with E-state index in [1.54, 1.807) is 29.4 Å². The molecule has 1 fully saturated rings. The van der Waals surface area contributed by atoms with E-state index in [4.69, 9.17) is 4.74 Å². The number of para-hydroxylation sites is 2. The minimum atomic E-state index is -0.516. The summed E-state index contributed by atoms with van der Waals surface area (Å²) >= 11 is 0. The average molecular weight is 356 g/mol. The predicted molar refractivity (Wildman–Crippen MR) is 94.7 cm³/mol. The fourth-order valence-electron chi connectivity index (χ4n) is 2.86. The molecule has 8 heteroatoms. The largest absolute Gasteiger partial charge is 0.477 e. The van der Waals surface area contributed by atoms with Crippen LogP contribution in [0.5, 0.6) is 5.75 Å². The van der Waals surface area contributed by atoms with Gasteiger partial charge in [0.2, 0.25) is 0 Å². The van der Waals surface area contributed by atoms with E-state index in [0.717, 1.165) is 19.6 Å². The second-order valence-electron chi connectivity index (χ2n) is 6.03. The van der Waals surface area contributed by atoms with Gasteiger partial charge in [0, 0.05) is 51.2 Å². The highest BCUT2D eigenvalue weighted by atomic mass is 16.6. The number of hydrogen-bond acceptors (Lipinski definition) is 6. The molecule has 26 heavy (non-hydrogen) atoms. The van der Waals surface area contributed by atoms with Gasteiger partial charge in [-0.3, -0.25) is 24.8 Å².